The van der Waals surface area contributed by atoms with Crippen molar-refractivity contribution in [3.63, 3.8) is 0 Å². The summed E-state index contributed by atoms with van der Waals surface area (Å²) < 4.78 is 4.98. The Morgan fingerprint density at radius 2 is 2.15 bits per heavy atom. The van der Waals surface area contributed by atoms with Crippen LogP contribution in [0, 0.1) is 5.92 Å². The van der Waals surface area contributed by atoms with E-state index in [4.69, 9.17) is 4.74 Å². The van der Waals surface area contributed by atoms with Gasteiger partial charge in [-0.3, -0.25) is 4.79 Å². The van der Waals surface area contributed by atoms with Crippen LogP contribution in [0.2, 0.25) is 0 Å². The van der Waals surface area contributed by atoms with Crippen LogP contribution in [-0.2, 0) is 11.3 Å². The predicted molar refractivity (Wildman–Crippen MR) is 78.8 cm³/mol. The molecule has 0 radical (unpaired) electrons. The fourth-order valence-corrected chi connectivity index (χ4v) is 1.69. The van der Waals surface area contributed by atoms with E-state index in [-0.39, 0.29) is 11.7 Å². The molecule has 0 saturated carbocycles. The number of methoxy groups -OCH3 is 1. The number of hydrogen-bond acceptors (Lipinski definition) is 4. The number of phenols is 1. The Balaban J connectivity index is 2.24. The maximum absolute atomic E-state index is 11.5. The van der Waals surface area contributed by atoms with Crippen LogP contribution in [0.15, 0.2) is 18.2 Å². The molecule has 0 spiro atoms. The fourth-order valence-electron chi connectivity index (χ4n) is 1.69. The van der Waals surface area contributed by atoms with Crippen molar-refractivity contribution in [2.45, 2.75) is 26.8 Å². The van der Waals surface area contributed by atoms with Gasteiger partial charge in [-0.2, -0.15) is 0 Å². The average Bonchev–Trinajstić information content (AvgIpc) is 2.41. The lowest BCUT2D eigenvalue weighted by atomic mass is 10.2. The zero-order valence-electron chi connectivity index (χ0n) is 12.4. The van der Waals surface area contributed by atoms with Crippen molar-refractivity contribution >= 4 is 5.91 Å². The van der Waals surface area contributed by atoms with Gasteiger partial charge in [-0.05, 0) is 23.6 Å². The second-order valence-corrected chi connectivity index (χ2v) is 5.13. The molecule has 0 aromatic heterocycles. The van der Waals surface area contributed by atoms with Crippen molar-refractivity contribution in [1.82, 2.24) is 10.6 Å². The molecular formula is C15H24N2O3. The minimum absolute atomic E-state index is 0.0591. The van der Waals surface area contributed by atoms with Crippen LogP contribution in [0.1, 0.15) is 25.8 Å². The summed E-state index contributed by atoms with van der Waals surface area (Å²) in [6.45, 7) is 6.06. The summed E-state index contributed by atoms with van der Waals surface area (Å²) in [4.78, 5) is 11.5. The van der Waals surface area contributed by atoms with Crippen LogP contribution in [-0.4, -0.2) is 31.2 Å². The molecule has 0 bridgehead atoms. The molecule has 5 heteroatoms. The van der Waals surface area contributed by atoms with Crippen LogP contribution in [0.25, 0.3) is 0 Å². The third-order valence-corrected chi connectivity index (χ3v) is 2.81. The summed E-state index contributed by atoms with van der Waals surface area (Å²) in [5, 5.41) is 15.7. The summed E-state index contributed by atoms with van der Waals surface area (Å²) in [6.07, 6.45) is 0.453. The van der Waals surface area contributed by atoms with Gasteiger partial charge in [-0.1, -0.05) is 19.9 Å². The summed E-state index contributed by atoms with van der Waals surface area (Å²) in [5.41, 5.74) is 0.950. The van der Waals surface area contributed by atoms with Crippen molar-refractivity contribution in [3.05, 3.63) is 23.8 Å². The molecule has 1 rings (SSSR count). The maximum atomic E-state index is 11.5. The molecule has 20 heavy (non-hydrogen) atoms. The number of rotatable bonds is 8. The molecule has 0 fully saturated rings. The molecule has 1 amide bonds. The SMILES string of the molecule is COc1ccc(CNCCC(=O)NCC(C)C)cc1O. The second kappa shape index (κ2) is 8.43. The van der Waals surface area contributed by atoms with Crippen molar-refractivity contribution in [1.29, 1.82) is 0 Å². The number of amides is 1. The number of aromatic hydroxyl groups is 1. The van der Waals surface area contributed by atoms with Gasteiger partial charge >= 0.3 is 0 Å². The number of nitrogens with one attached hydrogen (secondary N) is 2. The quantitative estimate of drug-likeness (QED) is 0.633. The van der Waals surface area contributed by atoms with Gasteiger partial charge in [-0.25, -0.2) is 0 Å². The minimum atomic E-state index is 0.0591. The van der Waals surface area contributed by atoms with E-state index in [9.17, 15) is 9.90 Å². The van der Waals surface area contributed by atoms with E-state index in [0.717, 1.165) is 5.56 Å². The Morgan fingerprint density at radius 1 is 1.40 bits per heavy atom. The average molecular weight is 280 g/mol. The van der Waals surface area contributed by atoms with E-state index in [1.54, 1.807) is 12.1 Å². The molecule has 1 aromatic rings. The van der Waals surface area contributed by atoms with Gasteiger partial charge in [0.1, 0.15) is 0 Å². The molecule has 3 N–H and O–H groups in total. The molecule has 0 aliphatic carbocycles. The van der Waals surface area contributed by atoms with Crippen LogP contribution in [0.3, 0.4) is 0 Å². The van der Waals surface area contributed by atoms with Gasteiger partial charge in [0.15, 0.2) is 11.5 Å². The van der Waals surface area contributed by atoms with E-state index in [0.29, 0.717) is 37.7 Å². The fraction of sp³-hybridized carbons (Fsp3) is 0.533. The van der Waals surface area contributed by atoms with Gasteiger partial charge in [0, 0.05) is 26.1 Å². The Labute approximate surface area is 120 Å². The topological polar surface area (TPSA) is 70.6 Å². The lowest BCUT2D eigenvalue weighted by Gasteiger charge is -2.09. The summed E-state index contributed by atoms with van der Waals surface area (Å²) in [5.74, 6) is 1.11. The van der Waals surface area contributed by atoms with Crippen LogP contribution >= 0.6 is 0 Å². The van der Waals surface area contributed by atoms with E-state index in [1.807, 2.05) is 6.07 Å². The predicted octanol–water partition coefficient (Wildman–Crippen LogP) is 1.65. The molecule has 0 atom stereocenters. The van der Waals surface area contributed by atoms with E-state index >= 15 is 0 Å². The lowest BCUT2D eigenvalue weighted by molar-refractivity contribution is -0.121. The first kappa shape index (κ1) is 16.3. The van der Waals surface area contributed by atoms with E-state index in [1.165, 1.54) is 7.11 Å². The first-order valence-corrected chi connectivity index (χ1v) is 6.86. The van der Waals surface area contributed by atoms with Crippen LogP contribution in [0.4, 0.5) is 0 Å². The van der Waals surface area contributed by atoms with Gasteiger partial charge < -0.3 is 20.5 Å². The summed E-state index contributed by atoms with van der Waals surface area (Å²) in [6, 6.07) is 5.26. The molecule has 0 saturated heterocycles. The number of ether oxygens (including phenoxy) is 1. The smallest absolute Gasteiger partial charge is 0.221 e. The highest BCUT2D eigenvalue weighted by Gasteiger charge is 2.04. The Hall–Kier alpha value is -1.75. The van der Waals surface area contributed by atoms with Crippen LogP contribution < -0.4 is 15.4 Å². The molecule has 0 aliphatic heterocycles. The molecule has 5 nitrogen and oxygen atoms in total. The third-order valence-electron chi connectivity index (χ3n) is 2.81. The van der Waals surface area contributed by atoms with E-state index < -0.39 is 0 Å². The van der Waals surface area contributed by atoms with Crippen molar-refractivity contribution in [2.24, 2.45) is 5.92 Å². The maximum Gasteiger partial charge on any atom is 0.221 e. The number of phenolic OH excluding ortho intramolecular Hbond substituents is 1. The van der Waals surface area contributed by atoms with Crippen molar-refractivity contribution < 1.29 is 14.6 Å². The zero-order chi connectivity index (χ0) is 15.0. The number of carbonyl (C=O) groups excluding carboxylic acids is 1. The second-order valence-electron chi connectivity index (χ2n) is 5.13. The van der Waals surface area contributed by atoms with Crippen molar-refractivity contribution in [3.8, 4) is 11.5 Å². The van der Waals surface area contributed by atoms with Crippen LogP contribution in [0.5, 0.6) is 11.5 Å². The highest BCUT2D eigenvalue weighted by atomic mass is 16.5. The van der Waals surface area contributed by atoms with E-state index in [2.05, 4.69) is 24.5 Å². The molecule has 0 aliphatic rings. The number of hydrogen-bond donors (Lipinski definition) is 3. The molecular weight excluding hydrogens is 256 g/mol. The Morgan fingerprint density at radius 3 is 2.75 bits per heavy atom. The monoisotopic (exact) mass is 280 g/mol. The van der Waals surface area contributed by atoms with Gasteiger partial charge in [0.2, 0.25) is 5.91 Å². The number of carbonyl (C=O) groups is 1. The third kappa shape index (κ3) is 5.93. The van der Waals surface area contributed by atoms with Crippen molar-refractivity contribution in [2.75, 3.05) is 20.2 Å². The first-order valence-electron chi connectivity index (χ1n) is 6.86. The lowest BCUT2D eigenvalue weighted by Crippen LogP contribution is -2.30. The molecule has 1 aromatic carbocycles. The van der Waals surface area contributed by atoms with Gasteiger partial charge in [-0.15, -0.1) is 0 Å². The van der Waals surface area contributed by atoms with Gasteiger partial charge in [0.25, 0.3) is 0 Å². The molecule has 0 heterocycles. The number of benzene rings is 1. The molecule has 112 valence electrons. The Bertz CT molecular complexity index is 433. The zero-order valence-corrected chi connectivity index (χ0v) is 12.4. The highest BCUT2D eigenvalue weighted by Crippen LogP contribution is 2.25. The van der Waals surface area contributed by atoms with Gasteiger partial charge in [0.05, 0.1) is 7.11 Å². The highest BCUT2D eigenvalue weighted by molar-refractivity contribution is 5.76. The summed E-state index contributed by atoms with van der Waals surface area (Å²) in [7, 11) is 1.52. The first-order chi connectivity index (χ1) is 9.52. The summed E-state index contributed by atoms with van der Waals surface area (Å²) >= 11 is 0. The standard InChI is InChI=1S/C15H24N2O3/c1-11(2)9-17-15(19)6-7-16-10-12-4-5-14(20-3)13(18)8-12/h4-5,8,11,16,18H,6-7,9-10H2,1-3H3,(H,17,19). The molecule has 0 unspecified atom stereocenters. The minimum Gasteiger partial charge on any atom is -0.504 e. The largest absolute Gasteiger partial charge is 0.504 e. The normalized spacial score (nSPS) is 10.6. The Kier molecular flexibility index (Phi) is 6.87.